The van der Waals surface area contributed by atoms with E-state index in [1.165, 1.54) is 4.70 Å². The van der Waals surface area contributed by atoms with E-state index in [2.05, 4.69) is 78.9 Å². The summed E-state index contributed by atoms with van der Waals surface area (Å²) in [5, 5.41) is 4.37. The second-order valence-corrected chi connectivity index (χ2v) is 14.7. The van der Waals surface area contributed by atoms with Gasteiger partial charge in [0.15, 0.2) is 23.3 Å². The highest BCUT2D eigenvalue weighted by atomic mass is 32.1. The summed E-state index contributed by atoms with van der Waals surface area (Å²) in [6.45, 7) is 0. The molecule has 0 saturated heterocycles. The Labute approximate surface area is 325 Å². The average Bonchev–Trinajstić information content (AvgIpc) is 3.85. The normalized spacial score (nSPS) is 11.6. The number of hydrogen-bond donors (Lipinski definition) is 0. The number of para-hydroxylation sites is 2. The molecule has 262 valence electrons. The highest BCUT2D eigenvalue weighted by Crippen LogP contribution is 2.42. The van der Waals surface area contributed by atoms with Crippen molar-refractivity contribution < 1.29 is 4.42 Å². The SMILES string of the molecule is c1ccc(-c2cc(-c3ccc4sc5c(-c6nc(-c7ccccc7)nc(-c7cccc8c7oc7ccccc78)n6)cccc5c4c3)nc(-c3ccccc3)n2)cc1. The summed E-state index contributed by atoms with van der Waals surface area (Å²) in [5.41, 5.74) is 9.05. The second kappa shape index (κ2) is 13.2. The molecule has 0 amide bonds. The van der Waals surface area contributed by atoms with E-state index in [-0.39, 0.29) is 0 Å². The van der Waals surface area contributed by atoms with Crippen molar-refractivity contribution >= 4 is 53.4 Å². The average molecular weight is 736 g/mol. The fourth-order valence-electron chi connectivity index (χ4n) is 7.46. The van der Waals surface area contributed by atoms with Crippen molar-refractivity contribution in [3.8, 4) is 68.1 Å². The molecule has 0 aliphatic heterocycles. The van der Waals surface area contributed by atoms with Gasteiger partial charge in [-0.05, 0) is 36.4 Å². The summed E-state index contributed by atoms with van der Waals surface area (Å²) < 4.78 is 8.72. The number of hydrogen-bond acceptors (Lipinski definition) is 7. The molecule has 0 fully saturated rings. The molecule has 0 radical (unpaired) electrons. The highest BCUT2D eigenvalue weighted by Gasteiger charge is 2.20. The molecule has 0 aliphatic carbocycles. The van der Waals surface area contributed by atoms with Gasteiger partial charge >= 0.3 is 0 Å². The zero-order chi connectivity index (χ0) is 37.0. The van der Waals surface area contributed by atoms with Crippen molar-refractivity contribution in [1.29, 1.82) is 0 Å². The number of benzene rings is 7. The lowest BCUT2D eigenvalue weighted by Crippen LogP contribution is -2.00. The first-order valence-electron chi connectivity index (χ1n) is 18.4. The van der Waals surface area contributed by atoms with Crippen molar-refractivity contribution in [2.45, 2.75) is 0 Å². The molecule has 11 rings (SSSR count). The first-order chi connectivity index (χ1) is 27.7. The monoisotopic (exact) mass is 735 g/mol. The van der Waals surface area contributed by atoms with Crippen molar-refractivity contribution in [2.24, 2.45) is 0 Å². The van der Waals surface area contributed by atoms with Crippen LogP contribution in [0.15, 0.2) is 180 Å². The minimum atomic E-state index is 0.561. The highest BCUT2D eigenvalue weighted by molar-refractivity contribution is 7.26. The number of furan rings is 1. The van der Waals surface area contributed by atoms with E-state index in [0.717, 1.165) is 82.2 Å². The molecule has 4 aromatic heterocycles. The summed E-state index contributed by atoms with van der Waals surface area (Å²) in [4.78, 5) is 25.5. The summed E-state index contributed by atoms with van der Waals surface area (Å²) in [6.07, 6.45) is 0. The van der Waals surface area contributed by atoms with Gasteiger partial charge in [-0.25, -0.2) is 24.9 Å². The molecule has 0 spiro atoms. The van der Waals surface area contributed by atoms with Gasteiger partial charge in [0.1, 0.15) is 11.2 Å². The van der Waals surface area contributed by atoms with Crippen LogP contribution < -0.4 is 0 Å². The summed E-state index contributed by atoms with van der Waals surface area (Å²) in [7, 11) is 0. The Morgan fingerprint density at radius 1 is 0.357 bits per heavy atom. The zero-order valence-corrected chi connectivity index (χ0v) is 30.6. The lowest BCUT2D eigenvalue weighted by molar-refractivity contribution is 0.669. The molecule has 0 bridgehead atoms. The molecule has 6 nitrogen and oxygen atoms in total. The van der Waals surface area contributed by atoms with E-state index < -0.39 is 0 Å². The van der Waals surface area contributed by atoms with Crippen LogP contribution in [0.3, 0.4) is 0 Å². The van der Waals surface area contributed by atoms with Gasteiger partial charge in [-0.2, -0.15) is 0 Å². The van der Waals surface area contributed by atoms with Crippen LogP contribution in [0.25, 0.3) is 110 Å². The quantitative estimate of drug-likeness (QED) is 0.169. The molecule has 7 aromatic carbocycles. The van der Waals surface area contributed by atoms with Crippen LogP contribution in [0.5, 0.6) is 0 Å². The lowest BCUT2D eigenvalue weighted by Gasteiger charge is -2.10. The third-order valence-electron chi connectivity index (χ3n) is 10.2. The number of nitrogens with zero attached hydrogens (tertiary/aromatic N) is 5. The first kappa shape index (κ1) is 32.1. The Kier molecular flexibility index (Phi) is 7.57. The topological polar surface area (TPSA) is 77.6 Å². The molecule has 7 heteroatoms. The van der Waals surface area contributed by atoms with Crippen LogP contribution in [-0.2, 0) is 0 Å². The van der Waals surface area contributed by atoms with E-state index in [9.17, 15) is 0 Å². The van der Waals surface area contributed by atoms with Crippen molar-refractivity contribution in [3.63, 3.8) is 0 Å². The molecular formula is C49H29N5OS. The summed E-state index contributed by atoms with van der Waals surface area (Å²) in [5.74, 6) is 2.46. The van der Waals surface area contributed by atoms with E-state index in [4.69, 9.17) is 29.3 Å². The van der Waals surface area contributed by atoms with Gasteiger partial charge in [0, 0.05) is 58.8 Å². The molecule has 0 unspecified atom stereocenters. The van der Waals surface area contributed by atoms with Crippen molar-refractivity contribution in [1.82, 2.24) is 24.9 Å². The van der Waals surface area contributed by atoms with Crippen molar-refractivity contribution in [2.75, 3.05) is 0 Å². The molecular weight excluding hydrogens is 707 g/mol. The zero-order valence-electron chi connectivity index (χ0n) is 29.8. The van der Waals surface area contributed by atoms with Gasteiger partial charge in [-0.15, -0.1) is 11.3 Å². The van der Waals surface area contributed by atoms with E-state index in [1.807, 2.05) is 97.1 Å². The van der Waals surface area contributed by atoms with Gasteiger partial charge in [0.05, 0.1) is 17.0 Å². The molecule has 56 heavy (non-hydrogen) atoms. The standard InChI is InChI=1S/C49H29N5OS/c1-4-14-30(15-5-1)40-29-41(51-46(50-40)31-16-6-2-7-17-31)33-26-27-43-39(28-33)36-22-13-24-38(45(36)56-43)49-53-47(32-18-8-3-9-19-32)52-48(54-49)37-23-12-21-35-34-20-10-11-25-42(34)55-44(35)37/h1-29H. The molecule has 0 saturated carbocycles. The fraction of sp³-hybridized carbons (Fsp3) is 0. The lowest BCUT2D eigenvalue weighted by atomic mass is 10.0. The first-order valence-corrected chi connectivity index (χ1v) is 19.2. The van der Waals surface area contributed by atoms with Crippen LogP contribution >= 0.6 is 11.3 Å². The Morgan fingerprint density at radius 2 is 0.911 bits per heavy atom. The predicted molar refractivity (Wildman–Crippen MR) is 228 cm³/mol. The number of rotatable bonds is 6. The molecule has 0 N–H and O–H groups in total. The fourth-order valence-corrected chi connectivity index (χ4v) is 8.65. The maximum Gasteiger partial charge on any atom is 0.167 e. The van der Waals surface area contributed by atoms with Crippen LogP contribution in [0.2, 0.25) is 0 Å². The van der Waals surface area contributed by atoms with E-state index in [1.54, 1.807) is 11.3 Å². The van der Waals surface area contributed by atoms with Crippen LogP contribution in [-0.4, -0.2) is 24.9 Å². The Morgan fingerprint density at radius 3 is 1.64 bits per heavy atom. The largest absolute Gasteiger partial charge is 0.455 e. The molecule has 0 atom stereocenters. The predicted octanol–water partition coefficient (Wildman–Crippen LogP) is 12.9. The second-order valence-electron chi connectivity index (χ2n) is 13.6. The minimum Gasteiger partial charge on any atom is -0.455 e. The Balaban J connectivity index is 1.08. The third-order valence-corrected chi connectivity index (χ3v) is 11.4. The number of thiophene rings is 1. The smallest absolute Gasteiger partial charge is 0.167 e. The maximum absolute atomic E-state index is 6.44. The summed E-state index contributed by atoms with van der Waals surface area (Å²) >= 11 is 1.74. The van der Waals surface area contributed by atoms with Crippen LogP contribution in [0, 0.1) is 0 Å². The van der Waals surface area contributed by atoms with Gasteiger partial charge in [0.2, 0.25) is 0 Å². The van der Waals surface area contributed by atoms with Crippen LogP contribution in [0.4, 0.5) is 0 Å². The van der Waals surface area contributed by atoms with Gasteiger partial charge < -0.3 is 4.42 Å². The molecule has 4 heterocycles. The minimum absolute atomic E-state index is 0.561. The molecule has 0 aliphatic rings. The van der Waals surface area contributed by atoms with E-state index in [0.29, 0.717) is 23.3 Å². The Bertz CT molecular complexity index is 3190. The van der Waals surface area contributed by atoms with Gasteiger partial charge in [-0.1, -0.05) is 140 Å². The Hall–Kier alpha value is -7.35. The van der Waals surface area contributed by atoms with Crippen molar-refractivity contribution in [3.05, 3.63) is 176 Å². The number of fused-ring (bicyclic) bond motifs is 6. The van der Waals surface area contributed by atoms with Crippen LogP contribution in [0.1, 0.15) is 0 Å². The number of aromatic nitrogens is 5. The van der Waals surface area contributed by atoms with Gasteiger partial charge in [0.25, 0.3) is 0 Å². The van der Waals surface area contributed by atoms with E-state index >= 15 is 0 Å². The maximum atomic E-state index is 6.44. The third kappa shape index (κ3) is 5.52. The molecule has 11 aromatic rings. The van der Waals surface area contributed by atoms with Gasteiger partial charge in [-0.3, -0.25) is 0 Å². The summed E-state index contributed by atoms with van der Waals surface area (Å²) in [6, 6.07) is 59.8.